The summed E-state index contributed by atoms with van der Waals surface area (Å²) in [4.78, 5) is 18.0. The van der Waals surface area contributed by atoms with Gasteiger partial charge in [-0.15, -0.1) is 11.3 Å². The van der Waals surface area contributed by atoms with E-state index in [1.807, 2.05) is 0 Å². The van der Waals surface area contributed by atoms with Crippen LogP contribution in [-0.2, 0) is 6.54 Å². The average molecular weight is 274 g/mol. The molecule has 19 heavy (non-hydrogen) atoms. The van der Waals surface area contributed by atoms with E-state index < -0.39 is 0 Å². The fraction of sp³-hybridized carbons (Fsp3) is 0.250. The van der Waals surface area contributed by atoms with Crippen molar-refractivity contribution in [1.82, 2.24) is 19.9 Å². The summed E-state index contributed by atoms with van der Waals surface area (Å²) in [5.74, 6) is 0.907. The summed E-state index contributed by atoms with van der Waals surface area (Å²) < 4.78 is 0. The van der Waals surface area contributed by atoms with Crippen LogP contribution < -0.4 is 11.1 Å². The number of anilines is 2. The zero-order chi connectivity index (χ0) is 13.4. The van der Waals surface area contributed by atoms with Crippen molar-refractivity contribution in [2.24, 2.45) is 0 Å². The van der Waals surface area contributed by atoms with E-state index in [-0.39, 0.29) is 5.95 Å². The zero-order valence-corrected chi connectivity index (χ0v) is 11.5. The van der Waals surface area contributed by atoms with Gasteiger partial charge in [0, 0.05) is 9.75 Å². The van der Waals surface area contributed by atoms with Crippen molar-refractivity contribution >= 4 is 34.3 Å². The van der Waals surface area contributed by atoms with E-state index in [4.69, 9.17) is 5.73 Å². The highest BCUT2D eigenvalue weighted by Crippen LogP contribution is 2.23. The van der Waals surface area contributed by atoms with E-state index in [0.717, 1.165) is 5.52 Å². The number of nitrogen functional groups attached to an aromatic ring is 1. The molecule has 0 atom stereocenters. The largest absolute Gasteiger partial charge is 0.368 e. The standard InChI is InChI=1S/C12H14N6S/c1-6-3-8(19-7(6)2)4-14-10-9-11(16-5-15-9)18-12(13)17-10/h3,5H,4H2,1-2H3,(H4,13,14,15,16,17,18). The molecule has 0 aliphatic carbocycles. The first-order valence-electron chi connectivity index (χ1n) is 5.90. The number of hydrogen-bond donors (Lipinski definition) is 3. The minimum atomic E-state index is 0.223. The summed E-state index contributed by atoms with van der Waals surface area (Å²) in [5, 5.41) is 3.28. The second-order valence-corrected chi connectivity index (χ2v) is 5.68. The minimum absolute atomic E-state index is 0.223. The molecule has 6 nitrogen and oxygen atoms in total. The van der Waals surface area contributed by atoms with Crippen molar-refractivity contribution in [3.05, 3.63) is 27.7 Å². The number of aryl methyl sites for hydroxylation is 2. The lowest BCUT2D eigenvalue weighted by Gasteiger charge is -2.05. The van der Waals surface area contributed by atoms with Crippen LogP contribution in [0.15, 0.2) is 12.4 Å². The van der Waals surface area contributed by atoms with Gasteiger partial charge in [0.25, 0.3) is 0 Å². The van der Waals surface area contributed by atoms with E-state index in [9.17, 15) is 0 Å². The maximum atomic E-state index is 5.67. The van der Waals surface area contributed by atoms with Crippen LogP contribution in [0.5, 0.6) is 0 Å². The lowest BCUT2D eigenvalue weighted by molar-refractivity contribution is 1.12. The molecule has 0 spiro atoms. The molecule has 0 aromatic carbocycles. The van der Waals surface area contributed by atoms with Gasteiger partial charge in [0.05, 0.1) is 12.9 Å². The molecule has 4 N–H and O–H groups in total. The predicted molar refractivity (Wildman–Crippen MR) is 77.2 cm³/mol. The minimum Gasteiger partial charge on any atom is -0.368 e. The van der Waals surface area contributed by atoms with Crippen LogP contribution in [0.4, 0.5) is 11.8 Å². The third kappa shape index (κ3) is 2.24. The smallest absolute Gasteiger partial charge is 0.224 e. The lowest BCUT2D eigenvalue weighted by atomic mass is 10.3. The molecular weight excluding hydrogens is 260 g/mol. The Kier molecular flexibility index (Phi) is 2.83. The maximum absolute atomic E-state index is 5.67. The van der Waals surface area contributed by atoms with E-state index in [1.165, 1.54) is 15.3 Å². The average Bonchev–Trinajstić information content (AvgIpc) is 2.94. The fourth-order valence-corrected chi connectivity index (χ4v) is 2.88. The van der Waals surface area contributed by atoms with Crippen LogP contribution in [0.2, 0.25) is 0 Å². The topological polar surface area (TPSA) is 92.5 Å². The molecule has 3 rings (SSSR count). The van der Waals surface area contributed by atoms with Crippen molar-refractivity contribution in [3.63, 3.8) is 0 Å². The molecule has 0 saturated carbocycles. The van der Waals surface area contributed by atoms with E-state index in [0.29, 0.717) is 18.0 Å². The van der Waals surface area contributed by atoms with Gasteiger partial charge in [-0.3, -0.25) is 0 Å². The molecule has 0 amide bonds. The maximum Gasteiger partial charge on any atom is 0.224 e. The number of nitrogens with two attached hydrogens (primary N) is 1. The number of thiophene rings is 1. The van der Waals surface area contributed by atoms with Crippen LogP contribution in [0.25, 0.3) is 11.2 Å². The Balaban J connectivity index is 1.87. The molecule has 0 aliphatic rings. The third-order valence-electron chi connectivity index (χ3n) is 2.95. The number of rotatable bonds is 3. The van der Waals surface area contributed by atoms with E-state index >= 15 is 0 Å². The lowest BCUT2D eigenvalue weighted by Crippen LogP contribution is -2.04. The van der Waals surface area contributed by atoms with Gasteiger partial charge in [0.1, 0.15) is 5.52 Å². The van der Waals surface area contributed by atoms with Crippen molar-refractivity contribution in [2.75, 3.05) is 11.1 Å². The highest BCUT2D eigenvalue weighted by atomic mass is 32.1. The number of imidazole rings is 1. The summed E-state index contributed by atoms with van der Waals surface area (Å²) in [6.45, 7) is 4.95. The highest BCUT2D eigenvalue weighted by molar-refractivity contribution is 7.12. The summed E-state index contributed by atoms with van der Waals surface area (Å²) in [7, 11) is 0. The van der Waals surface area contributed by atoms with E-state index in [1.54, 1.807) is 17.7 Å². The molecule has 3 aromatic heterocycles. The fourth-order valence-electron chi connectivity index (χ4n) is 1.89. The van der Waals surface area contributed by atoms with Gasteiger partial charge >= 0.3 is 0 Å². The van der Waals surface area contributed by atoms with Crippen LogP contribution in [0.3, 0.4) is 0 Å². The number of nitrogens with zero attached hydrogens (tertiary/aromatic N) is 3. The van der Waals surface area contributed by atoms with Crippen molar-refractivity contribution in [3.8, 4) is 0 Å². The number of aromatic nitrogens is 4. The number of fused-ring (bicyclic) bond motifs is 1. The summed E-state index contributed by atoms with van der Waals surface area (Å²) in [5.41, 5.74) is 8.34. The SMILES string of the molecule is Cc1cc(CNc2nc(N)nc3nc[nH]c23)sc1C. The van der Waals surface area contributed by atoms with Gasteiger partial charge in [0.2, 0.25) is 5.95 Å². The van der Waals surface area contributed by atoms with Gasteiger partial charge in [-0.1, -0.05) is 0 Å². The van der Waals surface area contributed by atoms with Crippen LogP contribution in [0.1, 0.15) is 15.3 Å². The molecule has 3 heterocycles. The van der Waals surface area contributed by atoms with Crippen LogP contribution in [0, 0.1) is 13.8 Å². The Bertz CT molecular complexity index is 709. The van der Waals surface area contributed by atoms with Gasteiger partial charge in [-0.2, -0.15) is 9.97 Å². The highest BCUT2D eigenvalue weighted by Gasteiger charge is 2.09. The predicted octanol–water partition coefficient (Wildman–Crippen LogP) is 2.23. The van der Waals surface area contributed by atoms with Crippen molar-refractivity contribution in [2.45, 2.75) is 20.4 Å². The molecule has 3 aromatic rings. The quantitative estimate of drug-likeness (QED) is 0.681. The van der Waals surface area contributed by atoms with Crippen LogP contribution in [-0.4, -0.2) is 19.9 Å². The molecule has 7 heteroatoms. The monoisotopic (exact) mass is 274 g/mol. The molecule has 0 fully saturated rings. The molecule has 0 bridgehead atoms. The van der Waals surface area contributed by atoms with Gasteiger partial charge in [0.15, 0.2) is 11.5 Å². The molecule has 0 radical (unpaired) electrons. The van der Waals surface area contributed by atoms with Crippen LogP contribution >= 0.6 is 11.3 Å². The Morgan fingerprint density at radius 2 is 2.21 bits per heavy atom. The Morgan fingerprint density at radius 1 is 1.37 bits per heavy atom. The van der Waals surface area contributed by atoms with Crippen molar-refractivity contribution in [1.29, 1.82) is 0 Å². The molecule has 0 unspecified atom stereocenters. The first-order valence-corrected chi connectivity index (χ1v) is 6.71. The Labute approximate surface area is 114 Å². The zero-order valence-electron chi connectivity index (χ0n) is 10.7. The first-order chi connectivity index (χ1) is 9.13. The second kappa shape index (κ2) is 4.51. The second-order valence-electron chi connectivity index (χ2n) is 4.34. The molecule has 0 aliphatic heterocycles. The molecular formula is C12H14N6S. The van der Waals surface area contributed by atoms with Gasteiger partial charge < -0.3 is 16.0 Å². The Morgan fingerprint density at radius 3 is 2.95 bits per heavy atom. The van der Waals surface area contributed by atoms with Crippen molar-refractivity contribution < 1.29 is 0 Å². The summed E-state index contributed by atoms with van der Waals surface area (Å²) in [6, 6.07) is 2.18. The summed E-state index contributed by atoms with van der Waals surface area (Å²) >= 11 is 1.78. The number of H-pyrrole nitrogens is 1. The number of nitrogens with one attached hydrogen (secondary N) is 2. The number of hydrogen-bond acceptors (Lipinski definition) is 6. The van der Waals surface area contributed by atoms with E-state index in [2.05, 4.69) is 45.2 Å². The third-order valence-corrected chi connectivity index (χ3v) is 4.10. The first kappa shape index (κ1) is 11.9. The normalized spacial score (nSPS) is 11.1. The Hall–Kier alpha value is -2.15. The summed E-state index contributed by atoms with van der Waals surface area (Å²) in [6.07, 6.45) is 1.59. The molecule has 0 saturated heterocycles. The van der Waals surface area contributed by atoms with Gasteiger partial charge in [-0.05, 0) is 25.5 Å². The number of aromatic amines is 1. The molecule has 98 valence electrons. The van der Waals surface area contributed by atoms with Gasteiger partial charge in [-0.25, -0.2) is 4.98 Å².